The number of hydrogen-bond acceptors (Lipinski definition) is 5. The van der Waals surface area contributed by atoms with Crippen molar-refractivity contribution in [1.29, 1.82) is 0 Å². The molecule has 0 bridgehead atoms. The normalized spacial score (nSPS) is 13.8. The lowest BCUT2D eigenvalue weighted by Crippen LogP contribution is -2.39. The smallest absolute Gasteiger partial charge is 0.243 e. The molecule has 1 aromatic carbocycles. The monoisotopic (exact) mass is 496 g/mol. The van der Waals surface area contributed by atoms with Crippen molar-refractivity contribution >= 4 is 43.2 Å². The van der Waals surface area contributed by atoms with Crippen molar-refractivity contribution in [2.24, 2.45) is 7.05 Å². The maximum Gasteiger partial charge on any atom is 0.243 e. The maximum atomic E-state index is 12.8. The first-order chi connectivity index (χ1) is 13.8. The van der Waals surface area contributed by atoms with E-state index >= 15 is 0 Å². The summed E-state index contributed by atoms with van der Waals surface area (Å²) in [5.41, 5.74) is 0.814. The Morgan fingerprint density at radius 1 is 1.24 bits per heavy atom. The van der Waals surface area contributed by atoms with E-state index in [9.17, 15) is 13.2 Å². The number of carbonyl (C=O) groups excluding carboxylic acids is 1. The van der Waals surface area contributed by atoms with Gasteiger partial charge in [0, 0.05) is 24.7 Å². The van der Waals surface area contributed by atoms with E-state index in [0.717, 1.165) is 14.2 Å². The minimum absolute atomic E-state index is 0.0217. The first kappa shape index (κ1) is 21.7. The molecule has 3 aromatic rings. The molecule has 3 rings (SSSR count). The second-order valence-electron chi connectivity index (χ2n) is 6.54. The van der Waals surface area contributed by atoms with Crippen molar-refractivity contribution in [2.45, 2.75) is 23.8 Å². The molecule has 0 spiro atoms. The van der Waals surface area contributed by atoms with Crippen LogP contribution in [0, 0.1) is 0 Å². The topological polar surface area (TPSA) is 93.1 Å². The van der Waals surface area contributed by atoms with Gasteiger partial charge in [0.05, 0.1) is 21.9 Å². The highest BCUT2D eigenvalue weighted by molar-refractivity contribution is 9.11. The Morgan fingerprint density at radius 2 is 1.97 bits per heavy atom. The third kappa shape index (κ3) is 5.53. The summed E-state index contributed by atoms with van der Waals surface area (Å²) in [6, 6.07) is 12.6. The standard InChI is InChI=1S/C19H21BrN4O3S2/c1-13(17-8-9-18(20)28-17)19(25)23-16(14-6-4-3-5-7-14)11-22-29(26,27)15-10-21-24(2)12-15/h3-10,12-13,16,22H,11H2,1-2H3,(H,23,25). The lowest BCUT2D eigenvalue weighted by molar-refractivity contribution is -0.122. The molecule has 7 nitrogen and oxygen atoms in total. The molecule has 0 radical (unpaired) electrons. The largest absolute Gasteiger partial charge is 0.347 e. The van der Waals surface area contributed by atoms with Gasteiger partial charge in [0.1, 0.15) is 4.90 Å². The van der Waals surface area contributed by atoms with Crippen LogP contribution in [0.5, 0.6) is 0 Å². The van der Waals surface area contributed by atoms with Crippen molar-refractivity contribution < 1.29 is 13.2 Å². The molecule has 2 aromatic heterocycles. The lowest BCUT2D eigenvalue weighted by atomic mass is 10.0. The van der Waals surface area contributed by atoms with Crippen LogP contribution < -0.4 is 10.0 Å². The van der Waals surface area contributed by atoms with Gasteiger partial charge >= 0.3 is 0 Å². The molecule has 2 N–H and O–H groups in total. The van der Waals surface area contributed by atoms with Crippen LogP contribution >= 0.6 is 27.3 Å². The van der Waals surface area contributed by atoms with Gasteiger partial charge in [0.2, 0.25) is 15.9 Å². The highest BCUT2D eigenvalue weighted by Gasteiger charge is 2.24. The van der Waals surface area contributed by atoms with Crippen molar-refractivity contribution in [2.75, 3.05) is 6.54 Å². The first-order valence-corrected chi connectivity index (χ1v) is 11.9. The summed E-state index contributed by atoms with van der Waals surface area (Å²) in [4.78, 5) is 13.8. The molecular weight excluding hydrogens is 476 g/mol. The van der Waals surface area contributed by atoms with Gasteiger partial charge in [-0.15, -0.1) is 11.3 Å². The average molecular weight is 497 g/mol. The van der Waals surface area contributed by atoms with E-state index in [1.54, 1.807) is 7.05 Å². The summed E-state index contributed by atoms with van der Waals surface area (Å²) in [5, 5.41) is 6.88. The van der Waals surface area contributed by atoms with Crippen LogP contribution in [0.25, 0.3) is 0 Å². The zero-order valence-electron chi connectivity index (χ0n) is 15.9. The Kier molecular flexibility index (Phi) is 6.89. The van der Waals surface area contributed by atoms with Crippen molar-refractivity contribution in [3.63, 3.8) is 0 Å². The Labute approximate surface area is 182 Å². The Morgan fingerprint density at radius 3 is 2.55 bits per heavy atom. The lowest BCUT2D eigenvalue weighted by Gasteiger charge is -2.21. The number of rotatable bonds is 8. The van der Waals surface area contributed by atoms with Crippen molar-refractivity contribution in [3.8, 4) is 0 Å². The number of aryl methyl sites for hydroxylation is 1. The molecule has 1 amide bonds. The molecule has 154 valence electrons. The van der Waals surface area contributed by atoms with E-state index in [0.29, 0.717) is 0 Å². The number of sulfonamides is 1. The maximum absolute atomic E-state index is 12.8. The minimum Gasteiger partial charge on any atom is -0.347 e. The number of aromatic nitrogens is 2. The van der Waals surface area contributed by atoms with E-state index in [4.69, 9.17) is 0 Å². The molecule has 10 heteroatoms. The van der Waals surface area contributed by atoms with Crippen LogP contribution in [0.2, 0.25) is 0 Å². The molecule has 0 saturated carbocycles. The molecule has 0 saturated heterocycles. The molecule has 0 aliphatic heterocycles. The average Bonchev–Trinajstić information content (AvgIpc) is 3.34. The Balaban J connectivity index is 1.76. The Hall–Kier alpha value is -2.01. The number of thiophene rings is 1. The van der Waals surface area contributed by atoms with Crippen LogP contribution in [0.15, 0.2) is 63.5 Å². The van der Waals surface area contributed by atoms with E-state index in [1.165, 1.54) is 28.4 Å². The zero-order chi connectivity index (χ0) is 21.0. The van der Waals surface area contributed by atoms with Gasteiger partial charge in [0.15, 0.2) is 0 Å². The minimum atomic E-state index is -3.74. The first-order valence-electron chi connectivity index (χ1n) is 8.85. The summed E-state index contributed by atoms with van der Waals surface area (Å²) in [5.74, 6) is -0.527. The number of nitrogens with one attached hydrogen (secondary N) is 2. The van der Waals surface area contributed by atoms with Gasteiger partial charge < -0.3 is 5.32 Å². The van der Waals surface area contributed by atoms with Crippen LogP contribution in [0.4, 0.5) is 0 Å². The third-order valence-electron chi connectivity index (χ3n) is 4.40. The second kappa shape index (κ2) is 9.21. The van der Waals surface area contributed by atoms with Crippen LogP contribution in [0.1, 0.15) is 29.3 Å². The molecular formula is C19H21BrN4O3S2. The van der Waals surface area contributed by atoms with Crippen LogP contribution in [-0.2, 0) is 21.9 Å². The molecule has 2 heterocycles. The molecule has 0 aliphatic carbocycles. The predicted molar refractivity (Wildman–Crippen MR) is 116 cm³/mol. The van der Waals surface area contributed by atoms with Gasteiger partial charge in [-0.2, -0.15) is 5.10 Å². The molecule has 29 heavy (non-hydrogen) atoms. The number of benzene rings is 1. The number of amides is 1. The number of nitrogens with zero attached hydrogens (tertiary/aromatic N) is 2. The summed E-state index contributed by atoms with van der Waals surface area (Å²) in [7, 11) is -2.09. The number of carbonyl (C=O) groups is 1. The summed E-state index contributed by atoms with van der Waals surface area (Å²) in [6.45, 7) is 1.85. The summed E-state index contributed by atoms with van der Waals surface area (Å²) < 4.78 is 30.0. The fourth-order valence-electron chi connectivity index (χ4n) is 2.74. The summed E-state index contributed by atoms with van der Waals surface area (Å²) >= 11 is 4.91. The summed E-state index contributed by atoms with van der Waals surface area (Å²) in [6.07, 6.45) is 2.71. The van der Waals surface area contributed by atoms with Gasteiger partial charge in [-0.25, -0.2) is 13.1 Å². The van der Waals surface area contributed by atoms with Crippen LogP contribution in [0.3, 0.4) is 0 Å². The number of hydrogen-bond donors (Lipinski definition) is 2. The highest BCUT2D eigenvalue weighted by Crippen LogP contribution is 2.29. The van der Waals surface area contributed by atoms with E-state index in [-0.39, 0.29) is 23.3 Å². The SMILES string of the molecule is CC(C(=O)NC(CNS(=O)(=O)c1cnn(C)c1)c1ccccc1)c1ccc(Br)s1. The third-order valence-corrected chi connectivity index (χ3v) is 7.59. The molecule has 0 fully saturated rings. The van der Waals surface area contributed by atoms with Crippen LogP contribution in [-0.4, -0.2) is 30.7 Å². The van der Waals surface area contributed by atoms with Gasteiger partial charge in [-0.1, -0.05) is 30.3 Å². The van der Waals surface area contributed by atoms with E-state index in [2.05, 4.69) is 31.1 Å². The quantitative estimate of drug-likeness (QED) is 0.500. The molecule has 0 aliphatic rings. The predicted octanol–water partition coefficient (Wildman–Crippen LogP) is 3.18. The fourth-order valence-corrected chi connectivity index (χ4v) is 5.24. The zero-order valence-corrected chi connectivity index (χ0v) is 19.1. The van der Waals surface area contributed by atoms with E-state index in [1.807, 2.05) is 49.4 Å². The molecule has 2 atom stereocenters. The Bertz CT molecular complexity index is 1080. The molecule has 2 unspecified atom stereocenters. The van der Waals surface area contributed by atoms with Crippen molar-refractivity contribution in [3.05, 3.63) is 69.1 Å². The van der Waals surface area contributed by atoms with E-state index < -0.39 is 16.1 Å². The van der Waals surface area contributed by atoms with Crippen molar-refractivity contribution in [1.82, 2.24) is 19.8 Å². The fraction of sp³-hybridized carbons (Fsp3) is 0.263. The van der Waals surface area contributed by atoms with Gasteiger partial charge in [0.25, 0.3) is 0 Å². The highest BCUT2D eigenvalue weighted by atomic mass is 79.9. The van der Waals surface area contributed by atoms with Gasteiger partial charge in [-0.05, 0) is 40.5 Å². The van der Waals surface area contributed by atoms with Gasteiger partial charge in [-0.3, -0.25) is 9.48 Å². The number of halogens is 1. The second-order valence-corrected chi connectivity index (χ2v) is 10.8.